The van der Waals surface area contributed by atoms with Gasteiger partial charge in [-0.25, -0.2) is 0 Å². The van der Waals surface area contributed by atoms with E-state index in [1.807, 2.05) is 47.4 Å². The molecule has 30 heavy (non-hydrogen) atoms. The summed E-state index contributed by atoms with van der Waals surface area (Å²) in [7, 11) is 0. The van der Waals surface area contributed by atoms with Crippen LogP contribution >= 0.6 is 0 Å². The molecular weight excluding hydrogens is 374 g/mol. The molecule has 1 amide bonds. The Kier molecular flexibility index (Phi) is 5.22. The molecule has 6 heteroatoms. The lowest BCUT2D eigenvalue weighted by Crippen LogP contribution is -2.27. The van der Waals surface area contributed by atoms with Crippen LogP contribution in [0.15, 0.2) is 55.0 Å². The van der Waals surface area contributed by atoms with Crippen molar-refractivity contribution in [3.63, 3.8) is 0 Å². The van der Waals surface area contributed by atoms with Crippen LogP contribution in [-0.2, 0) is 6.54 Å². The van der Waals surface area contributed by atoms with E-state index < -0.39 is 0 Å². The van der Waals surface area contributed by atoms with Crippen molar-refractivity contribution in [3.05, 3.63) is 66.2 Å². The number of hydrogen-bond acceptors (Lipinski definition) is 4. The molecule has 1 N–H and O–H groups in total. The summed E-state index contributed by atoms with van der Waals surface area (Å²) < 4.78 is 1.96. The fourth-order valence-corrected chi connectivity index (χ4v) is 4.17. The molecule has 0 radical (unpaired) electrons. The smallest absolute Gasteiger partial charge is 0.251 e. The van der Waals surface area contributed by atoms with Gasteiger partial charge in [0.05, 0.1) is 12.2 Å². The largest absolute Gasteiger partial charge is 0.372 e. The lowest BCUT2D eigenvalue weighted by atomic mass is 10.1. The highest BCUT2D eigenvalue weighted by Gasteiger charge is 2.29. The van der Waals surface area contributed by atoms with Gasteiger partial charge < -0.3 is 10.2 Å². The van der Waals surface area contributed by atoms with Gasteiger partial charge in [-0.3, -0.25) is 14.5 Å². The maximum Gasteiger partial charge on any atom is 0.251 e. The standard InChI is InChI=1S/C24H27N5O/c30-24(20-4-3-5-21(16-20)28-13-1-2-14-28)26-12-15-29-17-22(18-8-10-25-11-9-18)23(27-29)19-6-7-19/h3-5,8-11,16-17,19H,1-2,6-7,12-15H2,(H,26,30). The fraction of sp³-hybridized carbons (Fsp3) is 0.375. The van der Waals surface area contributed by atoms with E-state index in [0.29, 0.717) is 19.0 Å². The lowest BCUT2D eigenvalue weighted by Gasteiger charge is -2.18. The molecule has 154 valence electrons. The average Bonchev–Trinajstić information content (AvgIpc) is 3.31. The number of carbonyl (C=O) groups is 1. The van der Waals surface area contributed by atoms with E-state index in [4.69, 9.17) is 5.10 Å². The van der Waals surface area contributed by atoms with Crippen molar-refractivity contribution >= 4 is 11.6 Å². The quantitative estimate of drug-likeness (QED) is 0.653. The van der Waals surface area contributed by atoms with E-state index in [0.717, 1.165) is 29.9 Å². The van der Waals surface area contributed by atoms with Crippen LogP contribution in [0.1, 0.15) is 47.7 Å². The first-order valence-electron chi connectivity index (χ1n) is 10.9. The van der Waals surface area contributed by atoms with Gasteiger partial charge in [0.2, 0.25) is 0 Å². The van der Waals surface area contributed by atoms with E-state index >= 15 is 0 Å². The second-order valence-corrected chi connectivity index (χ2v) is 8.20. The number of rotatable bonds is 7. The normalized spacial score (nSPS) is 16.1. The number of benzene rings is 1. The van der Waals surface area contributed by atoms with E-state index in [-0.39, 0.29) is 5.91 Å². The molecule has 3 heterocycles. The van der Waals surface area contributed by atoms with Gasteiger partial charge in [-0.05, 0) is 61.6 Å². The van der Waals surface area contributed by atoms with Crippen molar-refractivity contribution < 1.29 is 4.79 Å². The number of nitrogens with zero attached hydrogens (tertiary/aromatic N) is 4. The Morgan fingerprint density at radius 2 is 1.90 bits per heavy atom. The number of hydrogen-bond donors (Lipinski definition) is 1. The molecule has 2 aromatic heterocycles. The first-order valence-corrected chi connectivity index (χ1v) is 10.9. The Labute approximate surface area is 176 Å². The molecule has 0 atom stereocenters. The summed E-state index contributed by atoms with van der Waals surface area (Å²) >= 11 is 0. The summed E-state index contributed by atoms with van der Waals surface area (Å²) in [6.07, 6.45) is 10.6. The maximum absolute atomic E-state index is 12.6. The number of amides is 1. The molecule has 2 fully saturated rings. The van der Waals surface area contributed by atoms with Gasteiger partial charge in [-0.15, -0.1) is 0 Å². The molecule has 6 nitrogen and oxygen atoms in total. The van der Waals surface area contributed by atoms with Crippen molar-refractivity contribution in [3.8, 4) is 11.1 Å². The highest BCUT2D eigenvalue weighted by atomic mass is 16.1. The third-order valence-corrected chi connectivity index (χ3v) is 5.95. The topological polar surface area (TPSA) is 63.1 Å². The van der Waals surface area contributed by atoms with E-state index in [1.54, 1.807) is 0 Å². The van der Waals surface area contributed by atoms with Crippen LogP contribution in [0.2, 0.25) is 0 Å². The molecule has 1 saturated heterocycles. The van der Waals surface area contributed by atoms with Crippen LogP contribution in [0.25, 0.3) is 11.1 Å². The van der Waals surface area contributed by atoms with Crippen molar-refractivity contribution in [2.75, 3.05) is 24.5 Å². The molecule has 1 saturated carbocycles. The third kappa shape index (κ3) is 4.08. The fourth-order valence-electron chi connectivity index (χ4n) is 4.17. The van der Waals surface area contributed by atoms with E-state index in [1.165, 1.54) is 36.9 Å². The molecular formula is C24H27N5O. The Balaban J connectivity index is 1.23. The number of nitrogens with one attached hydrogen (secondary N) is 1. The van der Waals surface area contributed by atoms with Crippen molar-refractivity contribution in [2.45, 2.75) is 38.1 Å². The molecule has 5 rings (SSSR count). The summed E-state index contributed by atoms with van der Waals surface area (Å²) in [5.74, 6) is 0.539. The van der Waals surface area contributed by atoms with Crippen LogP contribution in [0.5, 0.6) is 0 Å². The number of anilines is 1. The third-order valence-electron chi connectivity index (χ3n) is 5.95. The molecule has 1 aliphatic heterocycles. The SMILES string of the molecule is O=C(NCCn1cc(-c2ccncc2)c(C2CC2)n1)c1cccc(N2CCCC2)c1. The zero-order valence-corrected chi connectivity index (χ0v) is 17.1. The first kappa shape index (κ1) is 18.9. The van der Waals surface area contributed by atoms with Crippen LogP contribution in [0.4, 0.5) is 5.69 Å². The summed E-state index contributed by atoms with van der Waals surface area (Å²) in [5, 5.41) is 7.87. The highest BCUT2D eigenvalue weighted by molar-refractivity contribution is 5.95. The maximum atomic E-state index is 12.6. The van der Waals surface area contributed by atoms with E-state index in [9.17, 15) is 4.79 Å². The second kappa shape index (κ2) is 8.30. The number of aromatic nitrogens is 3. The lowest BCUT2D eigenvalue weighted by molar-refractivity contribution is 0.0952. The molecule has 2 aliphatic rings. The minimum Gasteiger partial charge on any atom is -0.372 e. The van der Waals surface area contributed by atoms with Gasteiger partial charge in [0.15, 0.2) is 0 Å². The van der Waals surface area contributed by atoms with Crippen LogP contribution in [-0.4, -0.2) is 40.3 Å². The van der Waals surface area contributed by atoms with Gasteiger partial charge in [0.1, 0.15) is 0 Å². The number of pyridine rings is 1. The average molecular weight is 402 g/mol. The molecule has 0 spiro atoms. The van der Waals surface area contributed by atoms with Crippen LogP contribution < -0.4 is 10.2 Å². The van der Waals surface area contributed by atoms with Crippen LogP contribution in [0.3, 0.4) is 0 Å². The molecule has 1 aromatic carbocycles. The summed E-state index contributed by atoms with van der Waals surface area (Å²) in [5.41, 5.74) is 5.37. The zero-order chi connectivity index (χ0) is 20.3. The zero-order valence-electron chi connectivity index (χ0n) is 17.1. The molecule has 0 unspecified atom stereocenters. The minimum absolute atomic E-state index is 0.0278. The Hall–Kier alpha value is -3.15. The second-order valence-electron chi connectivity index (χ2n) is 8.20. The monoisotopic (exact) mass is 401 g/mol. The van der Waals surface area contributed by atoms with Crippen molar-refractivity contribution in [1.82, 2.24) is 20.1 Å². The predicted octanol–water partition coefficient (Wildman–Crippen LogP) is 3.85. The van der Waals surface area contributed by atoms with Crippen LogP contribution in [0, 0.1) is 0 Å². The Morgan fingerprint density at radius 1 is 1.10 bits per heavy atom. The van der Waals surface area contributed by atoms with Crippen molar-refractivity contribution in [2.24, 2.45) is 0 Å². The molecule has 1 aliphatic carbocycles. The van der Waals surface area contributed by atoms with Crippen molar-refractivity contribution in [1.29, 1.82) is 0 Å². The Bertz CT molecular complexity index is 1020. The predicted molar refractivity (Wildman–Crippen MR) is 118 cm³/mol. The summed E-state index contributed by atoms with van der Waals surface area (Å²) in [6, 6.07) is 12.0. The Morgan fingerprint density at radius 3 is 2.67 bits per heavy atom. The van der Waals surface area contributed by atoms with Gasteiger partial charge in [0.25, 0.3) is 5.91 Å². The van der Waals surface area contributed by atoms with Gasteiger partial charge in [-0.2, -0.15) is 5.10 Å². The summed E-state index contributed by atoms with van der Waals surface area (Å²) in [6.45, 7) is 3.36. The molecule has 3 aromatic rings. The minimum atomic E-state index is -0.0278. The first-order chi connectivity index (χ1) is 14.8. The van der Waals surface area contributed by atoms with Gasteiger partial charge in [-0.1, -0.05) is 6.07 Å². The van der Waals surface area contributed by atoms with Gasteiger partial charge >= 0.3 is 0 Å². The van der Waals surface area contributed by atoms with Gasteiger partial charge in [0, 0.05) is 61.0 Å². The van der Waals surface area contributed by atoms with E-state index in [2.05, 4.69) is 27.5 Å². The number of carbonyl (C=O) groups excluding carboxylic acids is 1. The molecule has 0 bridgehead atoms. The highest BCUT2D eigenvalue weighted by Crippen LogP contribution is 2.43. The summed E-state index contributed by atoms with van der Waals surface area (Å²) in [4.78, 5) is 19.1.